The number of nitrogens with one attached hydrogen (secondary N) is 1. The Morgan fingerprint density at radius 3 is 2.95 bits per heavy atom. The number of carbonyl (C=O) groups is 1. The van der Waals surface area contributed by atoms with Gasteiger partial charge in [-0.3, -0.25) is 4.79 Å². The molecule has 2 rings (SSSR count). The minimum absolute atomic E-state index is 0.00913. The maximum atomic E-state index is 12.5. The van der Waals surface area contributed by atoms with Crippen molar-refractivity contribution in [2.75, 3.05) is 13.1 Å². The van der Waals surface area contributed by atoms with Gasteiger partial charge in [-0.2, -0.15) is 4.31 Å². The van der Waals surface area contributed by atoms with Crippen LogP contribution >= 0.6 is 0 Å². The fourth-order valence-electron chi connectivity index (χ4n) is 2.45. The molecule has 8 heteroatoms. The quantitative estimate of drug-likeness (QED) is 0.839. The Kier molecular flexibility index (Phi) is 4.44. The number of aromatic nitrogens is 2. The van der Waals surface area contributed by atoms with Crippen molar-refractivity contribution in [3.05, 3.63) is 12.0 Å². The van der Waals surface area contributed by atoms with Crippen molar-refractivity contribution in [1.82, 2.24) is 14.3 Å². The van der Waals surface area contributed by atoms with Gasteiger partial charge in [-0.1, -0.05) is 6.92 Å². The number of carboxylic acid groups (broad SMARTS) is 1. The summed E-state index contributed by atoms with van der Waals surface area (Å²) >= 11 is 0. The van der Waals surface area contributed by atoms with Crippen LogP contribution in [0, 0.1) is 5.92 Å². The van der Waals surface area contributed by atoms with E-state index in [1.54, 1.807) is 0 Å². The molecular weight excluding hydrogens is 282 g/mol. The molecule has 1 atom stereocenters. The summed E-state index contributed by atoms with van der Waals surface area (Å²) in [4.78, 5) is 17.6. The van der Waals surface area contributed by atoms with Gasteiger partial charge in [0.25, 0.3) is 10.0 Å². The molecule has 1 aromatic heterocycles. The van der Waals surface area contributed by atoms with Crippen molar-refractivity contribution in [2.24, 2.45) is 5.92 Å². The topological polar surface area (TPSA) is 103 Å². The summed E-state index contributed by atoms with van der Waals surface area (Å²) in [5.41, 5.74) is 0. The normalized spacial score (nSPS) is 20.9. The molecule has 1 unspecified atom stereocenters. The molecule has 20 heavy (non-hydrogen) atoms. The second-order valence-electron chi connectivity index (χ2n) is 5.02. The van der Waals surface area contributed by atoms with Gasteiger partial charge < -0.3 is 10.1 Å². The summed E-state index contributed by atoms with van der Waals surface area (Å²) in [5.74, 6) is -0.378. The highest BCUT2D eigenvalue weighted by atomic mass is 32.2. The lowest BCUT2D eigenvalue weighted by atomic mass is 9.96. The van der Waals surface area contributed by atoms with E-state index in [0.29, 0.717) is 25.2 Å². The molecule has 0 aliphatic carbocycles. The molecule has 1 aliphatic heterocycles. The van der Waals surface area contributed by atoms with Crippen LogP contribution in [0.15, 0.2) is 11.2 Å². The van der Waals surface area contributed by atoms with Crippen molar-refractivity contribution < 1.29 is 18.3 Å². The van der Waals surface area contributed by atoms with E-state index in [0.717, 1.165) is 6.42 Å². The molecule has 0 spiro atoms. The first-order valence-corrected chi connectivity index (χ1v) is 8.13. The van der Waals surface area contributed by atoms with Crippen LogP contribution in [-0.4, -0.2) is 46.9 Å². The predicted octanol–water partition coefficient (Wildman–Crippen LogP) is 0.847. The molecule has 0 radical (unpaired) electrons. The lowest BCUT2D eigenvalue weighted by molar-refractivity contribution is -0.138. The van der Waals surface area contributed by atoms with Gasteiger partial charge in [-0.25, -0.2) is 13.4 Å². The SMILES string of the molecule is CCc1ncc(S(=O)(=O)N2CCCC(CC(=O)O)C2)[nH]1. The third-order valence-corrected chi connectivity index (χ3v) is 5.28. The van der Waals surface area contributed by atoms with Crippen LogP contribution in [0.2, 0.25) is 0 Å². The number of imidazole rings is 1. The molecule has 0 saturated carbocycles. The van der Waals surface area contributed by atoms with Crippen molar-refractivity contribution in [2.45, 2.75) is 37.6 Å². The van der Waals surface area contributed by atoms with E-state index in [9.17, 15) is 13.2 Å². The summed E-state index contributed by atoms with van der Waals surface area (Å²) in [5, 5.41) is 8.91. The molecule has 1 saturated heterocycles. The Bertz CT molecular complexity index is 581. The standard InChI is InChI=1S/C12H19N3O4S/c1-2-10-13-7-11(14-10)20(18,19)15-5-3-4-9(8-15)6-12(16)17/h7,9H,2-6,8H2,1H3,(H,13,14)(H,16,17). The summed E-state index contributed by atoms with van der Waals surface area (Å²) < 4.78 is 26.3. The third kappa shape index (κ3) is 3.18. The number of aryl methyl sites for hydroxylation is 1. The van der Waals surface area contributed by atoms with Crippen LogP contribution in [0.3, 0.4) is 0 Å². The second kappa shape index (κ2) is 5.92. The molecule has 0 bridgehead atoms. The molecule has 2 N–H and O–H groups in total. The zero-order chi connectivity index (χ0) is 14.8. The predicted molar refractivity (Wildman–Crippen MR) is 71.7 cm³/mol. The van der Waals surface area contributed by atoms with Crippen molar-refractivity contribution in [3.63, 3.8) is 0 Å². The minimum Gasteiger partial charge on any atom is -0.481 e. The van der Waals surface area contributed by atoms with Crippen molar-refractivity contribution in [1.29, 1.82) is 0 Å². The van der Waals surface area contributed by atoms with E-state index in [-0.39, 0.29) is 23.9 Å². The first-order valence-electron chi connectivity index (χ1n) is 6.69. The van der Waals surface area contributed by atoms with Gasteiger partial charge in [0.15, 0.2) is 5.03 Å². The maximum absolute atomic E-state index is 12.5. The summed E-state index contributed by atoms with van der Waals surface area (Å²) in [6, 6.07) is 0. The van der Waals surface area contributed by atoms with Gasteiger partial charge in [0.05, 0.1) is 6.20 Å². The zero-order valence-corrected chi connectivity index (χ0v) is 12.2. The maximum Gasteiger partial charge on any atom is 0.303 e. The Morgan fingerprint density at radius 2 is 2.35 bits per heavy atom. The summed E-state index contributed by atoms with van der Waals surface area (Å²) in [6.07, 6.45) is 3.41. The van der Waals surface area contributed by atoms with Gasteiger partial charge in [0.1, 0.15) is 5.82 Å². The Hall–Kier alpha value is -1.41. The number of piperidine rings is 1. The van der Waals surface area contributed by atoms with Gasteiger partial charge >= 0.3 is 5.97 Å². The molecule has 1 aliphatic rings. The van der Waals surface area contributed by atoms with E-state index in [4.69, 9.17) is 5.11 Å². The van der Waals surface area contributed by atoms with Gasteiger partial charge in [0.2, 0.25) is 0 Å². The highest BCUT2D eigenvalue weighted by Gasteiger charge is 2.32. The highest BCUT2D eigenvalue weighted by Crippen LogP contribution is 2.24. The number of aliphatic carboxylic acids is 1. The molecule has 7 nitrogen and oxygen atoms in total. The average Bonchev–Trinajstić information content (AvgIpc) is 2.87. The number of nitrogens with zero attached hydrogens (tertiary/aromatic N) is 2. The van der Waals surface area contributed by atoms with E-state index in [1.165, 1.54) is 10.5 Å². The minimum atomic E-state index is -3.60. The molecule has 1 fully saturated rings. The fraction of sp³-hybridized carbons (Fsp3) is 0.667. The van der Waals surface area contributed by atoms with Crippen LogP contribution in [0.5, 0.6) is 0 Å². The largest absolute Gasteiger partial charge is 0.481 e. The molecule has 0 aromatic carbocycles. The number of hydrogen-bond donors (Lipinski definition) is 2. The molecule has 1 aromatic rings. The smallest absolute Gasteiger partial charge is 0.303 e. The van der Waals surface area contributed by atoms with Gasteiger partial charge in [-0.15, -0.1) is 0 Å². The summed E-state index contributed by atoms with van der Waals surface area (Å²) in [7, 11) is -3.60. The Labute approximate surface area is 118 Å². The van der Waals surface area contributed by atoms with Crippen LogP contribution in [0.25, 0.3) is 0 Å². The third-order valence-electron chi connectivity index (χ3n) is 3.50. The van der Waals surface area contributed by atoms with Crippen LogP contribution in [0.1, 0.15) is 32.0 Å². The lowest BCUT2D eigenvalue weighted by Crippen LogP contribution is -2.40. The van der Waals surface area contributed by atoms with E-state index >= 15 is 0 Å². The number of carboxylic acids is 1. The Morgan fingerprint density at radius 1 is 1.60 bits per heavy atom. The number of sulfonamides is 1. The van der Waals surface area contributed by atoms with Crippen LogP contribution < -0.4 is 0 Å². The van der Waals surface area contributed by atoms with E-state index in [1.807, 2.05) is 6.92 Å². The molecule has 0 amide bonds. The fourth-order valence-corrected chi connectivity index (χ4v) is 3.94. The first kappa shape index (κ1) is 15.0. The zero-order valence-electron chi connectivity index (χ0n) is 11.4. The van der Waals surface area contributed by atoms with Crippen LogP contribution in [-0.2, 0) is 21.2 Å². The molecule has 112 valence electrons. The number of rotatable bonds is 5. The monoisotopic (exact) mass is 301 g/mol. The molecule has 2 heterocycles. The van der Waals surface area contributed by atoms with E-state index in [2.05, 4.69) is 9.97 Å². The van der Waals surface area contributed by atoms with E-state index < -0.39 is 16.0 Å². The van der Waals surface area contributed by atoms with Crippen molar-refractivity contribution >= 4 is 16.0 Å². The Balaban J connectivity index is 2.14. The van der Waals surface area contributed by atoms with Gasteiger partial charge in [-0.05, 0) is 18.8 Å². The second-order valence-corrected chi connectivity index (χ2v) is 6.92. The first-order chi connectivity index (χ1) is 9.43. The number of aromatic amines is 1. The van der Waals surface area contributed by atoms with Crippen LogP contribution in [0.4, 0.5) is 0 Å². The average molecular weight is 301 g/mol. The lowest BCUT2D eigenvalue weighted by Gasteiger charge is -2.30. The summed E-state index contributed by atoms with van der Waals surface area (Å²) in [6.45, 7) is 2.58. The molecular formula is C12H19N3O4S. The number of hydrogen-bond acceptors (Lipinski definition) is 4. The van der Waals surface area contributed by atoms with Gasteiger partial charge in [0, 0.05) is 25.9 Å². The van der Waals surface area contributed by atoms with Crippen molar-refractivity contribution in [3.8, 4) is 0 Å². The highest BCUT2D eigenvalue weighted by molar-refractivity contribution is 7.89. The number of H-pyrrole nitrogens is 1.